The summed E-state index contributed by atoms with van der Waals surface area (Å²) in [6.45, 7) is -1.05. The molecule has 0 aromatic heterocycles. The van der Waals surface area contributed by atoms with Crippen molar-refractivity contribution in [3.05, 3.63) is 29.8 Å². The molecular weight excluding hydrogens is 284 g/mol. The van der Waals surface area contributed by atoms with Gasteiger partial charge in [0.2, 0.25) is 12.7 Å². The Kier molecular flexibility index (Phi) is 5.10. The Balaban J connectivity index is 2.03. The van der Waals surface area contributed by atoms with E-state index < -0.39 is 18.9 Å². The normalized spacial score (nSPS) is 13.1. The second kappa shape index (κ2) is 7.03. The predicted octanol–water partition coefficient (Wildman–Crippen LogP) is 1.51. The van der Waals surface area contributed by atoms with Gasteiger partial charge >= 0.3 is 0 Å². The van der Waals surface area contributed by atoms with Crippen molar-refractivity contribution in [3.8, 4) is 11.5 Å². The number of nitrogens with zero attached hydrogens (tertiary/aromatic N) is 1. The number of ether oxygens (including phenoxy) is 2. The molecule has 114 valence electrons. The molecule has 0 spiro atoms. The van der Waals surface area contributed by atoms with E-state index in [0.29, 0.717) is 17.1 Å². The summed E-state index contributed by atoms with van der Waals surface area (Å²) < 4.78 is 35.1. The molecule has 0 atom stereocenters. The first kappa shape index (κ1) is 15.2. The van der Waals surface area contributed by atoms with E-state index in [9.17, 15) is 13.6 Å². The van der Waals surface area contributed by atoms with Crippen molar-refractivity contribution in [2.45, 2.75) is 6.43 Å². The van der Waals surface area contributed by atoms with Crippen molar-refractivity contribution in [1.29, 1.82) is 0 Å². The van der Waals surface area contributed by atoms with Crippen LogP contribution in [0.1, 0.15) is 5.56 Å². The summed E-state index contributed by atoms with van der Waals surface area (Å²) in [7, 11) is 0. The van der Waals surface area contributed by atoms with Gasteiger partial charge in [-0.05, 0) is 23.8 Å². The van der Waals surface area contributed by atoms with E-state index in [1.807, 2.05) is 0 Å². The lowest BCUT2D eigenvalue weighted by atomic mass is 10.2. The number of carbonyl (C=O) groups is 1. The number of carbonyl (C=O) groups excluding carboxylic acids is 1. The Labute approximate surface area is 120 Å². The van der Waals surface area contributed by atoms with Crippen molar-refractivity contribution in [2.24, 2.45) is 0 Å². The van der Waals surface area contributed by atoms with Gasteiger partial charge in [0.1, 0.15) is 0 Å². The van der Waals surface area contributed by atoms with Crippen LogP contribution in [-0.2, 0) is 4.79 Å². The number of benzene rings is 1. The molecule has 1 N–H and O–H groups in total. The second-order valence-electron chi connectivity index (χ2n) is 4.34. The lowest BCUT2D eigenvalue weighted by Gasteiger charge is -2.19. The summed E-state index contributed by atoms with van der Waals surface area (Å²) in [5.41, 5.74) is 0.689. The Bertz CT molecular complexity index is 534. The third-order valence-electron chi connectivity index (χ3n) is 2.85. The molecule has 0 radical (unpaired) electrons. The number of rotatable bonds is 6. The van der Waals surface area contributed by atoms with Gasteiger partial charge < -0.3 is 19.5 Å². The lowest BCUT2D eigenvalue weighted by molar-refractivity contribution is -0.128. The van der Waals surface area contributed by atoms with Crippen molar-refractivity contribution in [3.63, 3.8) is 0 Å². The van der Waals surface area contributed by atoms with Crippen LogP contribution in [-0.4, -0.2) is 48.8 Å². The van der Waals surface area contributed by atoms with Gasteiger partial charge in [-0.25, -0.2) is 8.78 Å². The van der Waals surface area contributed by atoms with Gasteiger partial charge in [-0.1, -0.05) is 6.07 Å². The van der Waals surface area contributed by atoms with E-state index >= 15 is 0 Å². The van der Waals surface area contributed by atoms with E-state index in [-0.39, 0.29) is 19.9 Å². The molecule has 7 heteroatoms. The van der Waals surface area contributed by atoms with Crippen LogP contribution in [0.5, 0.6) is 11.5 Å². The molecule has 2 rings (SSSR count). The highest BCUT2D eigenvalue weighted by molar-refractivity contribution is 5.91. The third-order valence-corrected chi connectivity index (χ3v) is 2.85. The standard InChI is InChI=1S/C14H15F2NO4/c15-13(16)8-17(5-6-18)14(19)4-2-10-1-3-11-12(7-10)21-9-20-11/h1-4,7,13,18H,5-6,8-9H2/b4-2+. The number of alkyl halides is 2. The van der Waals surface area contributed by atoms with Crippen molar-refractivity contribution >= 4 is 12.0 Å². The molecule has 0 saturated heterocycles. The predicted molar refractivity (Wildman–Crippen MR) is 71.3 cm³/mol. The molecule has 1 aliphatic rings. The quantitative estimate of drug-likeness (QED) is 0.809. The summed E-state index contributed by atoms with van der Waals surface area (Å²) >= 11 is 0. The fraction of sp³-hybridized carbons (Fsp3) is 0.357. The smallest absolute Gasteiger partial charge is 0.255 e. The molecule has 1 heterocycles. The number of fused-ring (bicyclic) bond motifs is 1. The molecule has 1 aromatic rings. The van der Waals surface area contributed by atoms with Gasteiger partial charge in [-0.2, -0.15) is 0 Å². The molecule has 21 heavy (non-hydrogen) atoms. The first-order valence-corrected chi connectivity index (χ1v) is 6.36. The zero-order valence-electron chi connectivity index (χ0n) is 11.2. The maximum Gasteiger partial charge on any atom is 0.255 e. The highest BCUT2D eigenvalue weighted by Gasteiger charge is 2.16. The van der Waals surface area contributed by atoms with E-state index in [1.165, 1.54) is 12.2 Å². The van der Waals surface area contributed by atoms with E-state index in [4.69, 9.17) is 14.6 Å². The first-order valence-electron chi connectivity index (χ1n) is 6.36. The Hall–Kier alpha value is -2.15. The van der Waals surface area contributed by atoms with Gasteiger partial charge in [0.25, 0.3) is 6.43 Å². The zero-order chi connectivity index (χ0) is 15.2. The van der Waals surface area contributed by atoms with Crippen LogP contribution in [0.4, 0.5) is 8.78 Å². The van der Waals surface area contributed by atoms with Gasteiger partial charge in [0.15, 0.2) is 11.5 Å². The molecular formula is C14H15F2NO4. The van der Waals surface area contributed by atoms with Crippen LogP contribution < -0.4 is 9.47 Å². The molecule has 1 aliphatic heterocycles. The lowest BCUT2D eigenvalue weighted by Crippen LogP contribution is -2.36. The molecule has 0 unspecified atom stereocenters. The minimum atomic E-state index is -2.64. The van der Waals surface area contributed by atoms with Gasteiger partial charge in [-0.15, -0.1) is 0 Å². The first-order chi connectivity index (χ1) is 10.1. The number of aliphatic hydroxyl groups excluding tert-OH is 1. The summed E-state index contributed by atoms with van der Waals surface area (Å²) in [5, 5.41) is 8.80. The largest absolute Gasteiger partial charge is 0.454 e. The number of hydrogen-bond acceptors (Lipinski definition) is 4. The average Bonchev–Trinajstić information content (AvgIpc) is 2.91. The highest BCUT2D eigenvalue weighted by atomic mass is 19.3. The Morgan fingerprint density at radius 2 is 2.14 bits per heavy atom. The van der Waals surface area contributed by atoms with Gasteiger partial charge in [0.05, 0.1) is 13.2 Å². The summed E-state index contributed by atoms with van der Waals surface area (Å²) in [6, 6.07) is 5.12. The Morgan fingerprint density at radius 3 is 2.86 bits per heavy atom. The topological polar surface area (TPSA) is 59.0 Å². The Morgan fingerprint density at radius 1 is 1.38 bits per heavy atom. The third kappa shape index (κ3) is 4.16. The fourth-order valence-corrected chi connectivity index (χ4v) is 1.87. The summed E-state index contributed by atoms with van der Waals surface area (Å²) in [4.78, 5) is 12.7. The van der Waals surface area contributed by atoms with Gasteiger partial charge in [-0.3, -0.25) is 4.79 Å². The van der Waals surface area contributed by atoms with Crippen LogP contribution in [0, 0.1) is 0 Å². The molecule has 0 fully saturated rings. The van der Waals surface area contributed by atoms with Crippen LogP contribution >= 0.6 is 0 Å². The maximum atomic E-state index is 12.4. The van der Waals surface area contributed by atoms with E-state index in [2.05, 4.69) is 0 Å². The monoisotopic (exact) mass is 299 g/mol. The van der Waals surface area contributed by atoms with Crippen LogP contribution in [0.3, 0.4) is 0 Å². The highest BCUT2D eigenvalue weighted by Crippen LogP contribution is 2.32. The molecule has 0 bridgehead atoms. The SMILES string of the molecule is O=C(/C=C/c1ccc2c(c1)OCO2)N(CCO)CC(F)F. The van der Waals surface area contributed by atoms with Gasteiger partial charge in [0, 0.05) is 12.6 Å². The van der Waals surface area contributed by atoms with E-state index in [1.54, 1.807) is 18.2 Å². The van der Waals surface area contributed by atoms with Crippen molar-refractivity contribution in [1.82, 2.24) is 4.90 Å². The number of aliphatic hydroxyl groups is 1. The summed E-state index contributed by atoms with van der Waals surface area (Å²) in [6.07, 6.45) is 0.0508. The minimum Gasteiger partial charge on any atom is -0.454 e. The molecule has 1 amide bonds. The average molecular weight is 299 g/mol. The van der Waals surface area contributed by atoms with Crippen molar-refractivity contribution < 1.29 is 28.2 Å². The van der Waals surface area contributed by atoms with Crippen molar-refractivity contribution in [2.75, 3.05) is 26.5 Å². The minimum absolute atomic E-state index is 0.130. The van der Waals surface area contributed by atoms with E-state index in [0.717, 1.165) is 4.90 Å². The molecule has 0 saturated carbocycles. The summed E-state index contributed by atoms with van der Waals surface area (Å²) in [5.74, 6) is 0.615. The van der Waals surface area contributed by atoms with Crippen LogP contribution in [0.2, 0.25) is 0 Å². The van der Waals surface area contributed by atoms with Crippen LogP contribution in [0.15, 0.2) is 24.3 Å². The number of halogens is 2. The maximum absolute atomic E-state index is 12.4. The molecule has 5 nitrogen and oxygen atoms in total. The van der Waals surface area contributed by atoms with Crippen LogP contribution in [0.25, 0.3) is 6.08 Å². The fourth-order valence-electron chi connectivity index (χ4n) is 1.87. The molecule has 0 aliphatic carbocycles. The number of amides is 1. The molecule has 1 aromatic carbocycles. The number of hydrogen-bond donors (Lipinski definition) is 1. The zero-order valence-corrected chi connectivity index (χ0v) is 11.2. The second-order valence-corrected chi connectivity index (χ2v) is 4.34.